The van der Waals surface area contributed by atoms with Gasteiger partial charge in [-0.25, -0.2) is 0 Å². The van der Waals surface area contributed by atoms with Gasteiger partial charge in [0, 0.05) is 38.3 Å². The van der Waals surface area contributed by atoms with Gasteiger partial charge in [-0.2, -0.15) is 0 Å². The van der Waals surface area contributed by atoms with Crippen molar-refractivity contribution in [2.75, 3.05) is 39.3 Å². The Bertz CT molecular complexity index is 281. The van der Waals surface area contributed by atoms with Crippen LogP contribution in [0.2, 0.25) is 0 Å². The quantitative estimate of drug-likeness (QED) is 0.754. The third kappa shape index (κ3) is 4.75. The molecule has 2 heterocycles. The summed E-state index contributed by atoms with van der Waals surface area (Å²) in [6, 6.07) is 0.708. The van der Waals surface area contributed by atoms with E-state index >= 15 is 0 Å². The maximum absolute atomic E-state index is 12.0. The van der Waals surface area contributed by atoms with Crippen LogP contribution in [0.3, 0.4) is 0 Å². The Morgan fingerprint density at radius 1 is 1.11 bits per heavy atom. The first-order chi connectivity index (χ1) is 9.17. The van der Waals surface area contributed by atoms with Crippen LogP contribution in [-0.4, -0.2) is 67.1 Å². The molecular formula is C14H28N4O. The summed E-state index contributed by atoms with van der Waals surface area (Å²) in [7, 11) is 0. The number of hydrogen-bond donors (Lipinski definition) is 2. The Morgan fingerprint density at radius 3 is 2.26 bits per heavy atom. The first kappa shape index (κ1) is 14.8. The molecule has 110 valence electrons. The van der Waals surface area contributed by atoms with E-state index in [1.54, 1.807) is 0 Å². The Labute approximate surface area is 116 Å². The molecule has 2 aliphatic rings. The van der Waals surface area contributed by atoms with E-state index in [1.807, 2.05) is 0 Å². The molecule has 19 heavy (non-hydrogen) atoms. The number of nitrogens with two attached hydrogens (primary N) is 1. The van der Waals surface area contributed by atoms with Crippen LogP contribution in [0, 0.1) is 0 Å². The maximum Gasteiger partial charge on any atom is 0.234 e. The Balaban J connectivity index is 1.64. The molecule has 5 nitrogen and oxygen atoms in total. The molecule has 0 saturated carbocycles. The monoisotopic (exact) mass is 268 g/mol. The molecule has 0 bridgehead atoms. The number of carbonyl (C=O) groups excluding carboxylic acids is 1. The highest BCUT2D eigenvalue weighted by Crippen LogP contribution is 2.10. The van der Waals surface area contributed by atoms with E-state index in [-0.39, 0.29) is 5.91 Å². The fourth-order valence-corrected chi connectivity index (χ4v) is 2.98. The fraction of sp³-hybridized carbons (Fsp3) is 0.929. The average molecular weight is 268 g/mol. The molecule has 2 saturated heterocycles. The minimum atomic E-state index is 0.186. The second kappa shape index (κ2) is 7.22. The van der Waals surface area contributed by atoms with Crippen LogP contribution in [0.5, 0.6) is 0 Å². The van der Waals surface area contributed by atoms with Gasteiger partial charge in [0.1, 0.15) is 0 Å². The van der Waals surface area contributed by atoms with Gasteiger partial charge in [-0.3, -0.25) is 9.69 Å². The highest BCUT2D eigenvalue weighted by Gasteiger charge is 2.22. The predicted octanol–water partition coefficient (Wildman–Crippen LogP) is 0.0100. The van der Waals surface area contributed by atoms with Crippen molar-refractivity contribution in [1.29, 1.82) is 0 Å². The molecule has 0 aromatic carbocycles. The molecule has 0 spiro atoms. The Hall–Kier alpha value is -0.650. The molecule has 0 atom stereocenters. The molecule has 1 amide bonds. The largest absolute Gasteiger partial charge is 0.352 e. The SMILES string of the molecule is CCN1CCC(NC(=O)CN2CCC(N)CC2)CC1. The number of amides is 1. The summed E-state index contributed by atoms with van der Waals surface area (Å²) < 4.78 is 0. The van der Waals surface area contributed by atoms with Crippen LogP contribution in [0.1, 0.15) is 32.6 Å². The summed E-state index contributed by atoms with van der Waals surface area (Å²) in [6.07, 6.45) is 4.21. The van der Waals surface area contributed by atoms with Crippen molar-refractivity contribution in [3.8, 4) is 0 Å². The van der Waals surface area contributed by atoms with Gasteiger partial charge in [0.15, 0.2) is 0 Å². The van der Waals surface area contributed by atoms with Crippen molar-refractivity contribution in [1.82, 2.24) is 15.1 Å². The lowest BCUT2D eigenvalue weighted by Crippen LogP contribution is -2.49. The van der Waals surface area contributed by atoms with E-state index in [2.05, 4.69) is 22.0 Å². The standard InChI is InChI=1S/C14H28N4O/c1-2-17-9-5-13(6-10-17)16-14(19)11-18-7-3-12(15)4-8-18/h12-13H,2-11,15H2,1H3,(H,16,19). The van der Waals surface area contributed by atoms with E-state index in [4.69, 9.17) is 5.73 Å². The van der Waals surface area contributed by atoms with Gasteiger partial charge in [-0.15, -0.1) is 0 Å². The molecule has 0 radical (unpaired) electrons. The lowest BCUT2D eigenvalue weighted by molar-refractivity contribution is -0.123. The Morgan fingerprint density at radius 2 is 1.68 bits per heavy atom. The van der Waals surface area contributed by atoms with Crippen LogP contribution in [-0.2, 0) is 4.79 Å². The first-order valence-electron chi connectivity index (χ1n) is 7.67. The molecule has 2 fully saturated rings. The number of rotatable bonds is 4. The molecule has 3 N–H and O–H groups in total. The van der Waals surface area contributed by atoms with Crippen molar-refractivity contribution < 1.29 is 4.79 Å². The fourth-order valence-electron chi connectivity index (χ4n) is 2.98. The van der Waals surface area contributed by atoms with Gasteiger partial charge in [-0.05, 0) is 32.2 Å². The summed E-state index contributed by atoms with van der Waals surface area (Å²) in [5.41, 5.74) is 5.87. The highest BCUT2D eigenvalue weighted by molar-refractivity contribution is 5.78. The summed E-state index contributed by atoms with van der Waals surface area (Å²) in [5, 5.41) is 3.18. The number of piperidine rings is 2. The molecule has 0 aromatic rings. The minimum Gasteiger partial charge on any atom is -0.352 e. The lowest BCUT2D eigenvalue weighted by Gasteiger charge is -2.33. The molecule has 2 rings (SSSR count). The van der Waals surface area contributed by atoms with Crippen LogP contribution in [0.25, 0.3) is 0 Å². The lowest BCUT2D eigenvalue weighted by atomic mass is 10.0. The number of nitrogens with one attached hydrogen (secondary N) is 1. The van der Waals surface area contributed by atoms with E-state index in [9.17, 15) is 4.79 Å². The molecule has 2 aliphatic heterocycles. The predicted molar refractivity (Wildman–Crippen MR) is 76.9 cm³/mol. The van der Waals surface area contributed by atoms with Crippen molar-refractivity contribution in [3.63, 3.8) is 0 Å². The van der Waals surface area contributed by atoms with Crippen molar-refractivity contribution in [2.24, 2.45) is 5.73 Å². The van der Waals surface area contributed by atoms with Crippen molar-refractivity contribution >= 4 is 5.91 Å². The highest BCUT2D eigenvalue weighted by atomic mass is 16.2. The minimum absolute atomic E-state index is 0.186. The summed E-state index contributed by atoms with van der Waals surface area (Å²) in [6.45, 7) is 8.00. The van der Waals surface area contributed by atoms with E-state index in [1.165, 1.54) is 0 Å². The summed E-state index contributed by atoms with van der Waals surface area (Å²) >= 11 is 0. The second-order valence-corrected chi connectivity index (χ2v) is 5.89. The maximum atomic E-state index is 12.0. The average Bonchev–Trinajstić information content (AvgIpc) is 2.42. The van der Waals surface area contributed by atoms with Gasteiger partial charge in [0.2, 0.25) is 5.91 Å². The molecule has 0 aromatic heterocycles. The molecular weight excluding hydrogens is 240 g/mol. The normalized spacial score (nSPS) is 24.5. The summed E-state index contributed by atoms with van der Waals surface area (Å²) in [5.74, 6) is 0.186. The van der Waals surface area contributed by atoms with Gasteiger partial charge < -0.3 is 16.0 Å². The van der Waals surface area contributed by atoms with Crippen molar-refractivity contribution in [3.05, 3.63) is 0 Å². The smallest absolute Gasteiger partial charge is 0.234 e. The number of nitrogens with zero attached hydrogens (tertiary/aromatic N) is 2. The number of likely N-dealkylation sites (tertiary alicyclic amines) is 2. The van der Waals surface area contributed by atoms with Crippen molar-refractivity contribution in [2.45, 2.75) is 44.7 Å². The van der Waals surface area contributed by atoms with E-state index < -0.39 is 0 Å². The molecule has 0 aliphatic carbocycles. The van der Waals surface area contributed by atoms with Crippen LogP contribution in [0.4, 0.5) is 0 Å². The van der Waals surface area contributed by atoms with Gasteiger partial charge in [0.05, 0.1) is 6.54 Å². The Kier molecular flexibility index (Phi) is 5.60. The van der Waals surface area contributed by atoms with Crippen LogP contribution in [0.15, 0.2) is 0 Å². The zero-order chi connectivity index (χ0) is 13.7. The zero-order valence-electron chi connectivity index (χ0n) is 12.1. The van der Waals surface area contributed by atoms with E-state index in [0.717, 1.165) is 58.4 Å². The third-order valence-corrected chi connectivity index (χ3v) is 4.40. The first-order valence-corrected chi connectivity index (χ1v) is 7.67. The third-order valence-electron chi connectivity index (χ3n) is 4.40. The van der Waals surface area contributed by atoms with Gasteiger partial charge >= 0.3 is 0 Å². The zero-order valence-corrected chi connectivity index (χ0v) is 12.1. The van der Waals surface area contributed by atoms with Gasteiger partial charge in [-0.1, -0.05) is 6.92 Å². The van der Waals surface area contributed by atoms with Crippen LogP contribution >= 0.6 is 0 Å². The van der Waals surface area contributed by atoms with Gasteiger partial charge in [0.25, 0.3) is 0 Å². The number of hydrogen-bond acceptors (Lipinski definition) is 4. The molecule has 0 unspecified atom stereocenters. The summed E-state index contributed by atoms with van der Waals surface area (Å²) in [4.78, 5) is 16.7. The number of carbonyl (C=O) groups is 1. The molecule has 5 heteroatoms. The van der Waals surface area contributed by atoms with E-state index in [0.29, 0.717) is 18.6 Å². The second-order valence-electron chi connectivity index (χ2n) is 5.89. The topological polar surface area (TPSA) is 61.6 Å². The van der Waals surface area contributed by atoms with Crippen LogP contribution < -0.4 is 11.1 Å².